The van der Waals surface area contributed by atoms with Crippen LogP contribution in [0.3, 0.4) is 0 Å². The van der Waals surface area contributed by atoms with Crippen molar-refractivity contribution in [1.29, 1.82) is 0 Å². The average Bonchev–Trinajstić information content (AvgIpc) is 1.69. The molecule has 0 aromatic carbocycles. The Bertz CT molecular complexity index is 142. The quantitative estimate of drug-likeness (QED) is 0.704. The zero-order chi connectivity index (χ0) is 5.11. The van der Waals surface area contributed by atoms with Gasteiger partial charge >= 0.3 is 0 Å². The topological polar surface area (TPSA) is 33.1 Å². The molecule has 0 aliphatic rings. The van der Waals surface area contributed by atoms with Crippen molar-refractivity contribution in [3.05, 3.63) is 24.5 Å². The van der Waals surface area contributed by atoms with Crippen LogP contribution in [-0.4, -0.2) is 10.1 Å². The minimum atomic E-state index is 0. The summed E-state index contributed by atoms with van der Waals surface area (Å²) in [4.78, 5) is 3.56. The Morgan fingerprint density at radius 2 is 2.38 bits per heavy atom. The van der Waals surface area contributed by atoms with Gasteiger partial charge in [-0.15, -0.1) is 12.1 Å². The van der Waals surface area contributed by atoms with Crippen LogP contribution in [-0.2, 0) is 21.1 Å². The molecular weight excluding hydrogens is 274 g/mol. The van der Waals surface area contributed by atoms with Crippen molar-refractivity contribution in [2.45, 2.75) is 0 Å². The van der Waals surface area contributed by atoms with E-state index in [2.05, 4.69) is 11.2 Å². The van der Waals surface area contributed by atoms with E-state index in [4.69, 9.17) is 5.11 Å². The molecule has 0 atom stereocenters. The standard InChI is InChI=1S/C5H4NO.W/c7-5-1-3-6-4-2-5;/h1-3H,(H,6,7);/q-1;. The molecule has 0 aliphatic heterocycles. The zero-order valence-corrected chi connectivity index (χ0v) is 6.97. The van der Waals surface area contributed by atoms with Crippen LogP contribution in [0.4, 0.5) is 0 Å². The maximum Gasteiger partial charge on any atom is 0.00610 e. The fourth-order valence-electron chi connectivity index (χ4n) is 0.308. The summed E-state index contributed by atoms with van der Waals surface area (Å²) >= 11 is 0. The van der Waals surface area contributed by atoms with E-state index >= 15 is 0 Å². The fraction of sp³-hybridized carbons (Fsp3) is 0. The largest absolute Gasteiger partial charge is 0.566 e. The van der Waals surface area contributed by atoms with Gasteiger partial charge in [0.05, 0.1) is 0 Å². The molecule has 1 rings (SSSR count). The fourth-order valence-corrected chi connectivity index (χ4v) is 0.308. The van der Waals surface area contributed by atoms with Crippen molar-refractivity contribution in [3.63, 3.8) is 0 Å². The van der Waals surface area contributed by atoms with E-state index in [9.17, 15) is 0 Å². The average molecular weight is 278 g/mol. The summed E-state index contributed by atoms with van der Waals surface area (Å²) in [5.41, 5.74) is 0. The summed E-state index contributed by atoms with van der Waals surface area (Å²) in [6.07, 6.45) is 3.94. The van der Waals surface area contributed by atoms with Crippen LogP contribution in [0.25, 0.3) is 0 Å². The second-order valence-corrected chi connectivity index (χ2v) is 1.14. The monoisotopic (exact) mass is 278 g/mol. The Kier molecular flexibility index (Phi) is 3.45. The molecule has 0 saturated carbocycles. The molecule has 1 aromatic rings. The minimum Gasteiger partial charge on any atom is -0.566 e. The van der Waals surface area contributed by atoms with Gasteiger partial charge in [-0.1, -0.05) is 12.4 Å². The van der Waals surface area contributed by atoms with Crippen LogP contribution in [0.5, 0.6) is 5.75 Å². The Labute approximate surface area is 61.8 Å². The van der Waals surface area contributed by atoms with Gasteiger partial charge in [0.1, 0.15) is 0 Å². The van der Waals surface area contributed by atoms with Crippen molar-refractivity contribution >= 4 is 0 Å². The van der Waals surface area contributed by atoms with Crippen LogP contribution >= 0.6 is 0 Å². The maximum absolute atomic E-state index is 8.56. The number of hydrogen-bond donors (Lipinski definition) is 1. The molecule has 0 fully saturated rings. The molecule has 2 nitrogen and oxygen atoms in total. The van der Waals surface area contributed by atoms with Crippen LogP contribution in [0.15, 0.2) is 18.3 Å². The van der Waals surface area contributed by atoms with E-state index < -0.39 is 0 Å². The van der Waals surface area contributed by atoms with Crippen molar-refractivity contribution in [3.8, 4) is 5.75 Å². The molecule has 0 saturated heterocycles. The van der Waals surface area contributed by atoms with Crippen molar-refractivity contribution in [1.82, 2.24) is 4.98 Å². The zero-order valence-electron chi connectivity index (χ0n) is 4.03. The molecule has 1 aromatic heterocycles. The molecule has 0 spiro atoms. The normalized spacial score (nSPS) is 7.50. The summed E-state index contributed by atoms with van der Waals surface area (Å²) in [6, 6.07) is 2.90. The van der Waals surface area contributed by atoms with E-state index in [1.807, 2.05) is 0 Å². The SMILES string of the molecule is Oc1c[c-]ncc1.[W]. The minimum absolute atomic E-state index is 0. The Morgan fingerprint density at radius 1 is 1.62 bits per heavy atom. The van der Waals surface area contributed by atoms with Crippen LogP contribution in [0.2, 0.25) is 0 Å². The van der Waals surface area contributed by atoms with E-state index in [1.165, 1.54) is 18.3 Å². The third-order valence-electron chi connectivity index (χ3n) is 0.607. The summed E-state index contributed by atoms with van der Waals surface area (Å²) in [7, 11) is 0. The Balaban J connectivity index is 0.000000490. The van der Waals surface area contributed by atoms with Gasteiger partial charge in [-0.3, -0.25) is 0 Å². The van der Waals surface area contributed by atoms with E-state index in [0.29, 0.717) is 0 Å². The van der Waals surface area contributed by atoms with Gasteiger partial charge in [-0.25, -0.2) is 0 Å². The first-order valence-electron chi connectivity index (χ1n) is 1.90. The first-order valence-corrected chi connectivity index (χ1v) is 1.90. The summed E-state index contributed by atoms with van der Waals surface area (Å²) in [5.74, 6) is 0.204. The smallest absolute Gasteiger partial charge is 0.00610 e. The van der Waals surface area contributed by atoms with Crippen molar-refractivity contribution in [2.75, 3.05) is 0 Å². The third-order valence-corrected chi connectivity index (χ3v) is 0.607. The second kappa shape index (κ2) is 3.62. The van der Waals surface area contributed by atoms with Gasteiger partial charge < -0.3 is 10.1 Å². The molecule has 0 amide bonds. The molecule has 42 valence electrons. The van der Waals surface area contributed by atoms with Gasteiger partial charge in [0, 0.05) is 26.8 Å². The number of rotatable bonds is 0. The van der Waals surface area contributed by atoms with Gasteiger partial charge in [0.25, 0.3) is 0 Å². The molecule has 0 radical (unpaired) electrons. The number of pyridine rings is 1. The molecule has 0 unspecified atom stereocenters. The predicted molar refractivity (Wildman–Crippen MR) is 24.7 cm³/mol. The Morgan fingerprint density at radius 3 is 2.62 bits per heavy atom. The van der Waals surface area contributed by atoms with E-state index in [0.717, 1.165) is 0 Å². The van der Waals surface area contributed by atoms with Crippen LogP contribution < -0.4 is 0 Å². The van der Waals surface area contributed by atoms with Crippen molar-refractivity contribution in [2.24, 2.45) is 0 Å². The molecule has 3 heteroatoms. The van der Waals surface area contributed by atoms with Gasteiger partial charge in [-0.2, -0.15) is 0 Å². The first kappa shape index (κ1) is 7.64. The number of aromatic nitrogens is 1. The van der Waals surface area contributed by atoms with Crippen LogP contribution in [0.1, 0.15) is 0 Å². The van der Waals surface area contributed by atoms with E-state index in [1.54, 1.807) is 0 Å². The van der Waals surface area contributed by atoms with Gasteiger partial charge in [0.2, 0.25) is 0 Å². The molecule has 0 aliphatic carbocycles. The van der Waals surface area contributed by atoms with Crippen molar-refractivity contribution < 1.29 is 26.2 Å². The molecule has 1 heterocycles. The molecular formula is C5H4NOW-. The van der Waals surface area contributed by atoms with E-state index in [-0.39, 0.29) is 26.8 Å². The maximum atomic E-state index is 8.56. The third kappa shape index (κ3) is 2.08. The summed E-state index contributed by atoms with van der Waals surface area (Å²) in [5, 5.41) is 8.56. The first-order chi connectivity index (χ1) is 3.39. The van der Waals surface area contributed by atoms with Gasteiger partial charge in [-0.05, 0) is 0 Å². The predicted octanol–water partition coefficient (Wildman–Crippen LogP) is 0.585. The Hall–Kier alpha value is -0.362. The molecule has 0 bridgehead atoms. The van der Waals surface area contributed by atoms with Crippen LogP contribution in [0, 0.1) is 6.20 Å². The molecule has 8 heavy (non-hydrogen) atoms. The summed E-state index contributed by atoms with van der Waals surface area (Å²) in [6.45, 7) is 0. The second-order valence-electron chi connectivity index (χ2n) is 1.14. The summed E-state index contributed by atoms with van der Waals surface area (Å²) < 4.78 is 0. The number of aromatic hydroxyl groups is 1. The number of nitrogens with zero attached hydrogens (tertiary/aromatic N) is 1. The van der Waals surface area contributed by atoms with Gasteiger partial charge in [0.15, 0.2) is 0 Å². The molecule has 1 N–H and O–H groups in total. The number of hydrogen-bond acceptors (Lipinski definition) is 2.